The van der Waals surface area contributed by atoms with E-state index in [4.69, 9.17) is 0 Å². The number of amides is 1. The Bertz CT molecular complexity index is 799. The molecule has 1 fully saturated rings. The number of fused-ring (bicyclic) bond motifs is 1. The molecule has 2 heterocycles. The number of aryl methyl sites for hydroxylation is 1. The van der Waals surface area contributed by atoms with Gasteiger partial charge in [0.2, 0.25) is 5.91 Å². The molecule has 3 rings (SSSR count). The van der Waals surface area contributed by atoms with Crippen LogP contribution in [0.3, 0.4) is 0 Å². The van der Waals surface area contributed by atoms with E-state index in [2.05, 4.69) is 22.2 Å². The van der Waals surface area contributed by atoms with Gasteiger partial charge in [-0.1, -0.05) is 25.1 Å². The number of likely N-dealkylation sites (N-methyl/N-ethyl adjacent to an activating group) is 1. The van der Waals surface area contributed by atoms with E-state index in [0.717, 1.165) is 24.9 Å². The standard InChI is InChI=1S/C18H24N4O2/c1-3-22-10-6-7-13(22)12-19-17(23)11-16-14-8-4-5-9-15(14)18(24)21(2)20-16/h4-5,8-9,13H,3,6-7,10-12H2,1-2H3,(H,19,23)/t13-/m0/s1. The lowest BCUT2D eigenvalue weighted by Gasteiger charge is -2.22. The first-order valence-electron chi connectivity index (χ1n) is 8.55. The Hall–Kier alpha value is -2.21. The fraction of sp³-hybridized carbons (Fsp3) is 0.500. The number of carbonyl (C=O) groups excluding carboxylic acids is 1. The SMILES string of the molecule is CCN1CCC[C@H]1CNC(=O)Cc1nn(C)c(=O)c2ccccc12. The summed E-state index contributed by atoms with van der Waals surface area (Å²) in [6.07, 6.45) is 2.52. The maximum absolute atomic E-state index is 12.3. The van der Waals surface area contributed by atoms with Crippen molar-refractivity contribution in [2.24, 2.45) is 7.05 Å². The van der Waals surface area contributed by atoms with Gasteiger partial charge in [-0.05, 0) is 32.0 Å². The number of aromatic nitrogens is 2. The second kappa shape index (κ2) is 7.13. The molecule has 0 bridgehead atoms. The van der Waals surface area contributed by atoms with Crippen LogP contribution in [-0.4, -0.2) is 46.3 Å². The zero-order valence-electron chi connectivity index (χ0n) is 14.3. The van der Waals surface area contributed by atoms with Gasteiger partial charge in [-0.25, -0.2) is 4.68 Å². The summed E-state index contributed by atoms with van der Waals surface area (Å²) >= 11 is 0. The van der Waals surface area contributed by atoms with Crippen molar-refractivity contribution in [3.63, 3.8) is 0 Å². The number of rotatable bonds is 5. The minimum absolute atomic E-state index is 0.0470. The summed E-state index contributed by atoms with van der Waals surface area (Å²) in [5.74, 6) is -0.0470. The molecule has 6 heteroatoms. The van der Waals surface area contributed by atoms with Crippen LogP contribution >= 0.6 is 0 Å². The molecule has 1 N–H and O–H groups in total. The Morgan fingerprint density at radius 3 is 2.83 bits per heavy atom. The van der Waals surface area contributed by atoms with Crippen LogP contribution in [0.2, 0.25) is 0 Å². The van der Waals surface area contributed by atoms with Crippen LogP contribution in [0, 0.1) is 0 Å². The first-order chi connectivity index (χ1) is 11.6. The monoisotopic (exact) mass is 328 g/mol. The van der Waals surface area contributed by atoms with E-state index in [1.54, 1.807) is 13.1 Å². The zero-order chi connectivity index (χ0) is 17.1. The molecule has 0 spiro atoms. The Balaban J connectivity index is 1.72. The second-order valence-electron chi connectivity index (χ2n) is 6.33. The summed E-state index contributed by atoms with van der Waals surface area (Å²) in [6.45, 7) is 4.97. The highest BCUT2D eigenvalue weighted by molar-refractivity contribution is 5.88. The number of nitrogens with zero attached hydrogens (tertiary/aromatic N) is 3. The third-order valence-electron chi connectivity index (χ3n) is 4.80. The van der Waals surface area contributed by atoms with E-state index in [1.165, 1.54) is 11.1 Å². The minimum atomic E-state index is -0.140. The largest absolute Gasteiger partial charge is 0.354 e. The van der Waals surface area contributed by atoms with Crippen molar-refractivity contribution in [2.75, 3.05) is 19.6 Å². The van der Waals surface area contributed by atoms with Gasteiger partial charge in [0.1, 0.15) is 0 Å². The number of hydrogen-bond donors (Lipinski definition) is 1. The van der Waals surface area contributed by atoms with Crippen LogP contribution in [0.1, 0.15) is 25.5 Å². The topological polar surface area (TPSA) is 67.2 Å². The van der Waals surface area contributed by atoms with Crippen LogP contribution in [0.4, 0.5) is 0 Å². The summed E-state index contributed by atoms with van der Waals surface area (Å²) in [6, 6.07) is 7.75. The molecule has 0 unspecified atom stereocenters. The van der Waals surface area contributed by atoms with E-state index >= 15 is 0 Å². The molecule has 6 nitrogen and oxygen atoms in total. The highest BCUT2D eigenvalue weighted by Gasteiger charge is 2.23. The lowest BCUT2D eigenvalue weighted by atomic mass is 10.1. The molecule has 1 aromatic carbocycles. The summed E-state index contributed by atoms with van der Waals surface area (Å²) in [5.41, 5.74) is 0.503. The van der Waals surface area contributed by atoms with E-state index in [1.807, 2.05) is 18.2 Å². The van der Waals surface area contributed by atoms with Crippen molar-refractivity contribution >= 4 is 16.7 Å². The molecule has 128 valence electrons. The van der Waals surface area contributed by atoms with Crippen LogP contribution in [0.25, 0.3) is 10.8 Å². The van der Waals surface area contributed by atoms with E-state index in [9.17, 15) is 9.59 Å². The van der Waals surface area contributed by atoms with Crippen LogP contribution in [0.15, 0.2) is 29.1 Å². The highest BCUT2D eigenvalue weighted by Crippen LogP contribution is 2.16. The predicted molar refractivity (Wildman–Crippen MR) is 94.0 cm³/mol. The van der Waals surface area contributed by atoms with Crippen molar-refractivity contribution in [3.8, 4) is 0 Å². The fourth-order valence-corrected chi connectivity index (χ4v) is 3.50. The molecule has 0 radical (unpaired) electrons. The molecule has 1 saturated heterocycles. The van der Waals surface area contributed by atoms with Gasteiger partial charge in [0.25, 0.3) is 5.56 Å². The van der Waals surface area contributed by atoms with E-state index < -0.39 is 0 Å². The van der Waals surface area contributed by atoms with Gasteiger partial charge in [-0.15, -0.1) is 0 Å². The minimum Gasteiger partial charge on any atom is -0.354 e. The van der Waals surface area contributed by atoms with Gasteiger partial charge in [0, 0.05) is 25.0 Å². The molecule has 1 amide bonds. The lowest BCUT2D eigenvalue weighted by Crippen LogP contribution is -2.40. The molecule has 1 aliphatic heterocycles. The molecule has 1 aromatic heterocycles. The maximum atomic E-state index is 12.3. The van der Waals surface area contributed by atoms with Gasteiger partial charge < -0.3 is 5.32 Å². The van der Waals surface area contributed by atoms with Crippen molar-refractivity contribution in [1.29, 1.82) is 0 Å². The molecule has 24 heavy (non-hydrogen) atoms. The first kappa shape index (κ1) is 16.6. The third-order valence-corrected chi connectivity index (χ3v) is 4.80. The predicted octanol–water partition coefficient (Wildman–Crippen LogP) is 1.08. The normalized spacial score (nSPS) is 18.2. The van der Waals surface area contributed by atoms with Crippen molar-refractivity contribution in [3.05, 3.63) is 40.3 Å². The summed E-state index contributed by atoms with van der Waals surface area (Å²) < 4.78 is 1.31. The Morgan fingerprint density at radius 2 is 2.08 bits per heavy atom. The number of likely N-dealkylation sites (tertiary alicyclic amines) is 1. The van der Waals surface area contributed by atoms with Gasteiger partial charge in [0.15, 0.2) is 0 Å². The van der Waals surface area contributed by atoms with Gasteiger partial charge in [-0.3, -0.25) is 14.5 Å². The third kappa shape index (κ3) is 3.33. The Labute approximate surface area is 141 Å². The smallest absolute Gasteiger partial charge is 0.274 e. The second-order valence-corrected chi connectivity index (χ2v) is 6.33. The molecular formula is C18H24N4O2. The van der Waals surface area contributed by atoms with Crippen LogP contribution in [-0.2, 0) is 18.3 Å². The first-order valence-corrected chi connectivity index (χ1v) is 8.55. The van der Waals surface area contributed by atoms with Crippen molar-refractivity contribution in [1.82, 2.24) is 20.0 Å². The maximum Gasteiger partial charge on any atom is 0.274 e. The van der Waals surface area contributed by atoms with Gasteiger partial charge in [0.05, 0.1) is 17.5 Å². The number of hydrogen-bond acceptors (Lipinski definition) is 4. The molecule has 0 aliphatic carbocycles. The van der Waals surface area contributed by atoms with E-state index in [-0.39, 0.29) is 17.9 Å². The summed E-state index contributed by atoms with van der Waals surface area (Å²) in [7, 11) is 1.62. The molecule has 2 aromatic rings. The summed E-state index contributed by atoms with van der Waals surface area (Å²) in [4.78, 5) is 26.9. The van der Waals surface area contributed by atoms with E-state index in [0.29, 0.717) is 23.7 Å². The number of carbonyl (C=O) groups is 1. The quantitative estimate of drug-likeness (QED) is 0.892. The number of benzene rings is 1. The van der Waals surface area contributed by atoms with Crippen molar-refractivity contribution < 1.29 is 4.79 Å². The average Bonchev–Trinajstić information content (AvgIpc) is 3.05. The summed E-state index contributed by atoms with van der Waals surface area (Å²) in [5, 5.41) is 8.67. The van der Waals surface area contributed by atoms with Gasteiger partial charge >= 0.3 is 0 Å². The zero-order valence-corrected chi connectivity index (χ0v) is 14.3. The van der Waals surface area contributed by atoms with Crippen LogP contribution in [0.5, 0.6) is 0 Å². The number of nitrogens with one attached hydrogen (secondary N) is 1. The average molecular weight is 328 g/mol. The molecule has 0 saturated carbocycles. The fourth-order valence-electron chi connectivity index (χ4n) is 3.50. The Morgan fingerprint density at radius 1 is 1.33 bits per heavy atom. The molecular weight excluding hydrogens is 304 g/mol. The van der Waals surface area contributed by atoms with Gasteiger partial charge in [-0.2, -0.15) is 5.10 Å². The van der Waals surface area contributed by atoms with Crippen molar-refractivity contribution in [2.45, 2.75) is 32.2 Å². The Kier molecular flexibility index (Phi) is 4.94. The molecule has 1 aliphatic rings. The highest BCUT2D eigenvalue weighted by atomic mass is 16.1. The van der Waals surface area contributed by atoms with Crippen LogP contribution < -0.4 is 10.9 Å². The molecule has 1 atom stereocenters. The lowest BCUT2D eigenvalue weighted by molar-refractivity contribution is -0.120.